The van der Waals surface area contributed by atoms with Crippen molar-refractivity contribution in [3.05, 3.63) is 48.1 Å². The summed E-state index contributed by atoms with van der Waals surface area (Å²) in [6, 6.07) is 2.63. The van der Waals surface area contributed by atoms with E-state index in [1.54, 1.807) is 22.8 Å². The number of halogens is 2. The average Bonchev–Trinajstić information content (AvgIpc) is 3.08. The largest absolute Gasteiger partial charge is 0.331 e. The summed E-state index contributed by atoms with van der Waals surface area (Å²) in [5.41, 5.74) is 0.274. The molecule has 134 valence electrons. The lowest BCUT2D eigenvalue weighted by Gasteiger charge is -2.32. The summed E-state index contributed by atoms with van der Waals surface area (Å²) in [5.74, 6) is -0.828. The van der Waals surface area contributed by atoms with Crippen molar-refractivity contribution in [1.82, 2.24) is 25.0 Å². The first-order chi connectivity index (χ1) is 12.0. The molecule has 0 spiro atoms. The molecule has 2 heterocycles. The zero-order valence-electron chi connectivity index (χ0n) is 14.0. The number of urea groups is 1. The van der Waals surface area contributed by atoms with Gasteiger partial charge in [0.2, 0.25) is 0 Å². The van der Waals surface area contributed by atoms with Gasteiger partial charge in [-0.15, -0.1) is 0 Å². The highest BCUT2D eigenvalue weighted by Crippen LogP contribution is 2.21. The second-order valence-corrected chi connectivity index (χ2v) is 6.38. The van der Waals surface area contributed by atoms with Crippen molar-refractivity contribution < 1.29 is 13.6 Å². The third kappa shape index (κ3) is 4.32. The summed E-state index contributed by atoms with van der Waals surface area (Å²) in [7, 11) is 0. The second kappa shape index (κ2) is 7.58. The Balaban J connectivity index is 1.50. The molecule has 1 fully saturated rings. The summed E-state index contributed by atoms with van der Waals surface area (Å²) >= 11 is 0. The minimum atomic E-state index is -0.653. The van der Waals surface area contributed by atoms with Crippen LogP contribution in [0.4, 0.5) is 13.6 Å². The van der Waals surface area contributed by atoms with Crippen molar-refractivity contribution in [2.24, 2.45) is 5.92 Å². The number of nitrogens with zero attached hydrogens (tertiary/aromatic N) is 4. The van der Waals surface area contributed by atoms with E-state index < -0.39 is 17.7 Å². The maximum absolute atomic E-state index is 13.8. The van der Waals surface area contributed by atoms with Crippen LogP contribution in [0.1, 0.15) is 31.4 Å². The van der Waals surface area contributed by atoms with E-state index in [4.69, 9.17) is 0 Å². The molecule has 1 saturated heterocycles. The third-order valence-corrected chi connectivity index (χ3v) is 4.58. The summed E-state index contributed by atoms with van der Waals surface area (Å²) < 4.78 is 28.6. The maximum Gasteiger partial charge on any atom is 0.317 e. The van der Waals surface area contributed by atoms with Gasteiger partial charge in [-0.1, -0.05) is 6.07 Å². The van der Waals surface area contributed by atoms with Gasteiger partial charge in [-0.25, -0.2) is 18.6 Å². The van der Waals surface area contributed by atoms with Crippen LogP contribution in [0.5, 0.6) is 0 Å². The lowest BCUT2D eigenvalue weighted by molar-refractivity contribution is 0.161. The molecular formula is C17H21F2N5O. The number of aromatic nitrogens is 3. The van der Waals surface area contributed by atoms with E-state index in [0.29, 0.717) is 19.0 Å². The van der Waals surface area contributed by atoms with E-state index in [2.05, 4.69) is 15.4 Å². The molecule has 0 saturated carbocycles. The van der Waals surface area contributed by atoms with Gasteiger partial charge < -0.3 is 10.2 Å². The van der Waals surface area contributed by atoms with Crippen molar-refractivity contribution in [2.45, 2.75) is 32.4 Å². The van der Waals surface area contributed by atoms with E-state index in [1.165, 1.54) is 18.5 Å². The predicted molar refractivity (Wildman–Crippen MR) is 87.6 cm³/mol. The van der Waals surface area contributed by atoms with Crippen LogP contribution in [0.15, 0.2) is 30.9 Å². The van der Waals surface area contributed by atoms with Crippen LogP contribution in [-0.2, 0) is 6.54 Å². The van der Waals surface area contributed by atoms with Crippen molar-refractivity contribution in [3.8, 4) is 0 Å². The Labute approximate surface area is 144 Å². The number of carbonyl (C=O) groups excluding carboxylic acids is 1. The highest BCUT2D eigenvalue weighted by atomic mass is 19.1. The molecule has 3 rings (SSSR count). The molecule has 2 aromatic rings. The maximum atomic E-state index is 13.8. The van der Waals surface area contributed by atoms with Gasteiger partial charge >= 0.3 is 6.03 Å². The fourth-order valence-corrected chi connectivity index (χ4v) is 3.12. The standard InChI is InChI=1S/C17H21F2N5O/c1-12(15-3-2-14(18)8-16(15)19)22-17(25)23-6-4-13(5-7-23)9-24-11-20-10-21-24/h2-3,8,10-13H,4-7,9H2,1H3,(H,22,25)/t12-/m1/s1. The van der Waals surface area contributed by atoms with Gasteiger partial charge in [0.15, 0.2) is 0 Å². The third-order valence-electron chi connectivity index (χ3n) is 4.58. The van der Waals surface area contributed by atoms with Crippen molar-refractivity contribution >= 4 is 6.03 Å². The first kappa shape index (κ1) is 17.3. The van der Waals surface area contributed by atoms with Crippen LogP contribution < -0.4 is 5.32 Å². The minimum absolute atomic E-state index is 0.226. The first-order valence-electron chi connectivity index (χ1n) is 8.35. The van der Waals surface area contributed by atoms with Crippen molar-refractivity contribution in [3.63, 3.8) is 0 Å². The Morgan fingerprint density at radius 3 is 2.76 bits per heavy atom. The molecule has 1 aromatic heterocycles. The topological polar surface area (TPSA) is 63.1 Å². The highest BCUT2D eigenvalue weighted by Gasteiger charge is 2.24. The van der Waals surface area contributed by atoms with Gasteiger partial charge in [-0.2, -0.15) is 5.10 Å². The minimum Gasteiger partial charge on any atom is -0.331 e. The fraction of sp³-hybridized carbons (Fsp3) is 0.471. The Hall–Kier alpha value is -2.51. The van der Waals surface area contributed by atoms with Crippen LogP contribution in [0, 0.1) is 17.6 Å². The quantitative estimate of drug-likeness (QED) is 0.923. The molecule has 1 aliphatic heterocycles. The molecule has 0 aliphatic carbocycles. The molecule has 0 unspecified atom stereocenters. The lowest BCUT2D eigenvalue weighted by atomic mass is 9.97. The zero-order valence-corrected chi connectivity index (χ0v) is 14.0. The van der Waals surface area contributed by atoms with Gasteiger partial charge in [0.25, 0.3) is 0 Å². The molecule has 1 aliphatic rings. The molecule has 6 nitrogen and oxygen atoms in total. The monoisotopic (exact) mass is 349 g/mol. The van der Waals surface area contributed by atoms with E-state index in [9.17, 15) is 13.6 Å². The number of hydrogen-bond donors (Lipinski definition) is 1. The molecular weight excluding hydrogens is 328 g/mol. The zero-order chi connectivity index (χ0) is 17.8. The normalized spacial score (nSPS) is 16.7. The highest BCUT2D eigenvalue weighted by molar-refractivity contribution is 5.74. The predicted octanol–water partition coefficient (Wildman–Crippen LogP) is 2.74. The van der Waals surface area contributed by atoms with Crippen molar-refractivity contribution in [2.75, 3.05) is 13.1 Å². The number of hydrogen-bond acceptors (Lipinski definition) is 3. The Morgan fingerprint density at radius 2 is 2.12 bits per heavy atom. The van der Waals surface area contributed by atoms with Gasteiger partial charge in [-0.05, 0) is 31.7 Å². The molecule has 0 bridgehead atoms. The van der Waals surface area contributed by atoms with Crippen LogP contribution in [-0.4, -0.2) is 38.8 Å². The van der Waals surface area contributed by atoms with Gasteiger partial charge in [-0.3, -0.25) is 4.68 Å². The summed E-state index contributed by atoms with van der Waals surface area (Å²) in [6.45, 7) is 3.77. The number of piperidine rings is 1. The van der Waals surface area contributed by atoms with Crippen LogP contribution in [0.2, 0.25) is 0 Å². The average molecular weight is 349 g/mol. The molecule has 1 aromatic carbocycles. The first-order valence-corrected chi connectivity index (χ1v) is 8.35. The van der Waals surface area contributed by atoms with E-state index in [-0.39, 0.29) is 11.6 Å². The number of likely N-dealkylation sites (tertiary alicyclic amines) is 1. The molecule has 1 N–H and O–H groups in total. The summed E-state index contributed by atoms with van der Waals surface area (Å²) in [5, 5.41) is 6.89. The van der Waals surface area contributed by atoms with Crippen molar-refractivity contribution in [1.29, 1.82) is 0 Å². The number of carbonyl (C=O) groups is 1. The summed E-state index contributed by atoms with van der Waals surface area (Å²) in [6.07, 6.45) is 4.97. The molecule has 2 amide bonds. The fourth-order valence-electron chi connectivity index (χ4n) is 3.12. The lowest BCUT2D eigenvalue weighted by Crippen LogP contribution is -2.45. The van der Waals surface area contributed by atoms with E-state index >= 15 is 0 Å². The molecule has 25 heavy (non-hydrogen) atoms. The van der Waals surface area contributed by atoms with Crippen LogP contribution in [0.25, 0.3) is 0 Å². The van der Waals surface area contributed by atoms with Gasteiger partial charge in [0, 0.05) is 31.3 Å². The number of nitrogens with one attached hydrogen (secondary N) is 1. The number of amides is 2. The Bertz CT molecular complexity index is 714. The van der Waals surface area contributed by atoms with Crippen LogP contribution >= 0.6 is 0 Å². The second-order valence-electron chi connectivity index (χ2n) is 6.38. The Kier molecular flexibility index (Phi) is 5.25. The summed E-state index contributed by atoms with van der Waals surface area (Å²) in [4.78, 5) is 18.0. The Morgan fingerprint density at radius 1 is 1.36 bits per heavy atom. The smallest absolute Gasteiger partial charge is 0.317 e. The van der Waals surface area contributed by atoms with Gasteiger partial charge in [0.1, 0.15) is 24.3 Å². The molecule has 1 atom stereocenters. The van der Waals surface area contributed by atoms with E-state index in [1.807, 2.05) is 0 Å². The van der Waals surface area contributed by atoms with Crippen LogP contribution in [0.3, 0.4) is 0 Å². The van der Waals surface area contributed by atoms with E-state index in [0.717, 1.165) is 25.5 Å². The molecule has 8 heteroatoms. The SMILES string of the molecule is C[C@@H](NC(=O)N1CCC(Cn2cncn2)CC1)c1ccc(F)cc1F. The molecule has 0 radical (unpaired) electrons. The number of rotatable bonds is 4. The number of benzene rings is 1. The van der Waals surface area contributed by atoms with Gasteiger partial charge in [0.05, 0.1) is 6.04 Å².